The first kappa shape index (κ1) is 14.2. The minimum Gasteiger partial charge on any atom is -0.493 e. The lowest BCUT2D eigenvalue weighted by atomic mass is 9.80. The van der Waals surface area contributed by atoms with Gasteiger partial charge < -0.3 is 9.15 Å². The second kappa shape index (κ2) is 5.15. The number of ether oxygens (including phenoxy) is 1. The summed E-state index contributed by atoms with van der Waals surface area (Å²) in [4.78, 5) is 13.7. The first-order valence-electron chi connectivity index (χ1n) is 8.14. The summed E-state index contributed by atoms with van der Waals surface area (Å²) < 4.78 is 11.6. The van der Waals surface area contributed by atoms with Gasteiger partial charge in [-0.15, -0.1) is 11.8 Å². The Morgan fingerprint density at radius 3 is 2.92 bits per heavy atom. The molecular weight excluding hydrogens is 320 g/mol. The molecule has 1 aromatic heterocycles. The van der Waals surface area contributed by atoms with E-state index >= 15 is 0 Å². The van der Waals surface area contributed by atoms with Crippen LogP contribution in [-0.2, 0) is 0 Å². The summed E-state index contributed by atoms with van der Waals surface area (Å²) in [5, 5.41) is 1.03. The van der Waals surface area contributed by atoms with Crippen LogP contribution in [0, 0.1) is 6.92 Å². The molecule has 24 heavy (non-hydrogen) atoms. The summed E-state index contributed by atoms with van der Waals surface area (Å²) in [7, 11) is 0. The number of rotatable bonds is 0. The van der Waals surface area contributed by atoms with E-state index < -0.39 is 0 Å². The van der Waals surface area contributed by atoms with E-state index in [0.29, 0.717) is 18.1 Å². The number of para-hydroxylation sites is 1. The first-order chi connectivity index (χ1) is 11.7. The predicted molar refractivity (Wildman–Crippen MR) is 95.4 cm³/mol. The smallest absolute Gasteiger partial charge is 0.341 e. The molecule has 0 saturated carbocycles. The van der Waals surface area contributed by atoms with Crippen molar-refractivity contribution in [1.82, 2.24) is 0 Å². The van der Waals surface area contributed by atoms with Gasteiger partial charge in [0.15, 0.2) is 0 Å². The van der Waals surface area contributed by atoms with E-state index in [1.54, 1.807) is 11.8 Å². The highest BCUT2D eigenvalue weighted by Crippen LogP contribution is 2.51. The van der Waals surface area contributed by atoms with Crippen LogP contribution in [0.1, 0.15) is 28.5 Å². The Labute approximate surface area is 143 Å². The van der Waals surface area contributed by atoms with E-state index in [-0.39, 0.29) is 11.5 Å². The standard InChI is InChI=1S/C20H16O3S/c1-11-6-7-16-13(8-11)15-10-24-19-12-4-2-3-5-17(12)23-20(21)18(19)14(15)9-22-16/h2-8,14-15H,9-10H2,1H3/t14-,15+/m0/s1. The van der Waals surface area contributed by atoms with Gasteiger partial charge in [0.25, 0.3) is 0 Å². The lowest BCUT2D eigenvalue weighted by Gasteiger charge is -2.37. The fourth-order valence-corrected chi connectivity index (χ4v) is 5.35. The molecule has 0 unspecified atom stereocenters. The molecule has 3 heterocycles. The molecule has 0 spiro atoms. The first-order valence-corrected chi connectivity index (χ1v) is 9.13. The van der Waals surface area contributed by atoms with Gasteiger partial charge in [-0.3, -0.25) is 0 Å². The fourth-order valence-electron chi connectivity index (χ4n) is 3.88. The monoisotopic (exact) mass is 336 g/mol. The number of hydrogen-bond donors (Lipinski definition) is 0. The molecule has 0 saturated heterocycles. The molecule has 5 rings (SSSR count). The van der Waals surface area contributed by atoms with Crippen LogP contribution in [0.4, 0.5) is 0 Å². The van der Waals surface area contributed by atoms with Gasteiger partial charge in [0.2, 0.25) is 0 Å². The van der Waals surface area contributed by atoms with Crippen molar-refractivity contribution in [3.8, 4) is 5.75 Å². The topological polar surface area (TPSA) is 39.4 Å². The Morgan fingerprint density at radius 2 is 2.00 bits per heavy atom. The van der Waals surface area contributed by atoms with E-state index in [4.69, 9.17) is 9.15 Å². The van der Waals surface area contributed by atoms with Crippen molar-refractivity contribution in [2.45, 2.75) is 23.7 Å². The molecule has 0 aliphatic carbocycles. The molecule has 0 N–H and O–H groups in total. The Kier molecular flexibility index (Phi) is 3.04. The molecule has 3 nitrogen and oxygen atoms in total. The molecule has 2 atom stereocenters. The Morgan fingerprint density at radius 1 is 1.12 bits per heavy atom. The molecule has 0 radical (unpaired) electrons. The van der Waals surface area contributed by atoms with Gasteiger partial charge in [0, 0.05) is 27.9 Å². The number of hydrogen-bond acceptors (Lipinski definition) is 4. The van der Waals surface area contributed by atoms with Gasteiger partial charge >= 0.3 is 5.63 Å². The summed E-state index contributed by atoms with van der Waals surface area (Å²) >= 11 is 1.77. The highest BCUT2D eigenvalue weighted by Gasteiger charge is 2.39. The summed E-state index contributed by atoms with van der Waals surface area (Å²) in [5.74, 6) is 2.29. The fraction of sp³-hybridized carbons (Fsp3) is 0.250. The molecule has 4 heteroatoms. The van der Waals surface area contributed by atoms with Crippen molar-refractivity contribution >= 4 is 22.7 Å². The van der Waals surface area contributed by atoms with Crippen LogP contribution in [0.2, 0.25) is 0 Å². The largest absolute Gasteiger partial charge is 0.493 e. The second-order valence-electron chi connectivity index (χ2n) is 6.50. The Bertz CT molecular complexity index is 1020. The molecule has 0 fully saturated rings. The third kappa shape index (κ3) is 1.96. The lowest BCUT2D eigenvalue weighted by Crippen LogP contribution is -2.32. The second-order valence-corrected chi connectivity index (χ2v) is 7.54. The molecule has 0 amide bonds. The minimum atomic E-state index is -0.217. The predicted octanol–water partition coefficient (Wildman–Crippen LogP) is 4.47. The maximum Gasteiger partial charge on any atom is 0.341 e. The summed E-state index contributed by atoms with van der Waals surface area (Å²) in [6.07, 6.45) is 0. The van der Waals surface area contributed by atoms with Crippen LogP contribution in [0.5, 0.6) is 5.75 Å². The SMILES string of the molecule is Cc1ccc2c(c1)[C@H]1CSc3c(c(=O)oc4ccccc34)[C@H]1CO2. The van der Waals surface area contributed by atoms with Crippen molar-refractivity contribution in [3.05, 3.63) is 69.6 Å². The van der Waals surface area contributed by atoms with Crippen molar-refractivity contribution in [2.24, 2.45) is 0 Å². The third-order valence-electron chi connectivity index (χ3n) is 5.05. The summed E-state index contributed by atoms with van der Waals surface area (Å²) in [5.41, 5.74) is 3.68. The molecule has 2 aliphatic heterocycles. The van der Waals surface area contributed by atoms with Gasteiger partial charge in [-0.05, 0) is 24.6 Å². The molecular formula is C20H16O3S. The molecule has 120 valence electrons. The van der Waals surface area contributed by atoms with Crippen molar-refractivity contribution in [1.29, 1.82) is 0 Å². The maximum absolute atomic E-state index is 12.7. The van der Waals surface area contributed by atoms with E-state index in [0.717, 1.165) is 27.3 Å². The average Bonchev–Trinajstić information content (AvgIpc) is 2.61. The van der Waals surface area contributed by atoms with Crippen LogP contribution >= 0.6 is 11.8 Å². The van der Waals surface area contributed by atoms with Gasteiger partial charge in [0.1, 0.15) is 11.3 Å². The zero-order chi connectivity index (χ0) is 16.3. The van der Waals surface area contributed by atoms with E-state index in [1.807, 2.05) is 30.3 Å². The Hall–Kier alpha value is -2.20. The quantitative estimate of drug-likeness (QED) is 0.568. The molecule has 2 aliphatic rings. The van der Waals surface area contributed by atoms with Gasteiger partial charge in [-0.2, -0.15) is 0 Å². The third-order valence-corrected chi connectivity index (χ3v) is 6.30. The van der Waals surface area contributed by atoms with Crippen LogP contribution in [0.25, 0.3) is 11.0 Å². The van der Waals surface area contributed by atoms with Crippen LogP contribution in [-0.4, -0.2) is 12.4 Å². The normalized spacial score (nSPS) is 21.5. The van der Waals surface area contributed by atoms with Gasteiger partial charge in [-0.1, -0.05) is 35.9 Å². The van der Waals surface area contributed by atoms with Crippen molar-refractivity contribution in [2.75, 3.05) is 12.4 Å². The number of benzene rings is 2. The van der Waals surface area contributed by atoms with Crippen LogP contribution < -0.4 is 10.4 Å². The molecule has 2 aromatic carbocycles. The van der Waals surface area contributed by atoms with E-state index in [1.165, 1.54) is 11.1 Å². The van der Waals surface area contributed by atoms with Gasteiger partial charge in [0.05, 0.1) is 12.2 Å². The molecule has 3 aromatic rings. The number of fused-ring (bicyclic) bond motifs is 7. The van der Waals surface area contributed by atoms with Gasteiger partial charge in [-0.25, -0.2) is 4.79 Å². The summed E-state index contributed by atoms with van der Waals surface area (Å²) in [6, 6.07) is 14.1. The zero-order valence-electron chi connectivity index (χ0n) is 13.2. The number of thioether (sulfide) groups is 1. The highest BCUT2D eigenvalue weighted by molar-refractivity contribution is 7.99. The summed E-state index contributed by atoms with van der Waals surface area (Å²) in [6.45, 7) is 2.63. The highest BCUT2D eigenvalue weighted by atomic mass is 32.2. The zero-order valence-corrected chi connectivity index (χ0v) is 14.1. The average molecular weight is 336 g/mol. The van der Waals surface area contributed by atoms with Crippen molar-refractivity contribution < 1.29 is 9.15 Å². The maximum atomic E-state index is 12.7. The molecule has 0 bridgehead atoms. The van der Waals surface area contributed by atoms with Crippen molar-refractivity contribution in [3.63, 3.8) is 0 Å². The minimum absolute atomic E-state index is 0.0661. The Balaban J connectivity index is 1.73. The number of aryl methyl sites for hydroxylation is 1. The van der Waals surface area contributed by atoms with Crippen LogP contribution in [0.3, 0.4) is 0 Å². The van der Waals surface area contributed by atoms with E-state index in [9.17, 15) is 4.79 Å². The van der Waals surface area contributed by atoms with E-state index in [2.05, 4.69) is 19.1 Å². The van der Waals surface area contributed by atoms with Crippen LogP contribution in [0.15, 0.2) is 56.6 Å². The lowest BCUT2D eigenvalue weighted by molar-refractivity contribution is 0.238.